The van der Waals surface area contributed by atoms with Gasteiger partial charge in [-0.25, -0.2) is 0 Å². The van der Waals surface area contributed by atoms with Crippen molar-refractivity contribution in [2.75, 3.05) is 0 Å². The molecule has 0 bridgehead atoms. The Morgan fingerprint density at radius 2 is 1.26 bits per heavy atom. The van der Waals surface area contributed by atoms with Gasteiger partial charge in [0, 0.05) is 48.8 Å². The molecule has 4 heterocycles. The van der Waals surface area contributed by atoms with Crippen LogP contribution in [-0.4, -0.2) is 14.4 Å². The van der Waals surface area contributed by atoms with Crippen LogP contribution < -0.4 is 0 Å². The van der Waals surface area contributed by atoms with E-state index in [0.717, 1.165) is 22.5 Å². The summed E-state index contributed by atoms with van der Waals surface area (Å²) in [6, 6.07) is 44.2. The molecule has 4 aromatic heterocycles. The van der Waals surface area contributed by atoms with E-state index >= 15 is 0 Å². The molecule has 0 aliphatic carbocycles. The Morgan fingerprint density at radius 1 is 0.595 bits per heavy atom. The smallest absolute Gasteiger partial charge is 0.0516 e. The Labute approximate surface area is 259 Å². The first-order valence-electron chi connectivity index (χ1n) is 13.9. The molecular weight excluding hydrogens is 691 g/mol. The normalized spacial score (nSPS) is 11.5. The molecule has 42 heavy (non-hydrogen) atoms. The fourth-order valence-corrected chi connectivity index (χ4v) is 5.63. The minimum Gasteiger partial charge on any atom is -0.350 e. The molecule has 0 saturated carbocycles. The summed E-state index contributed by atoms with van der Waals surface area (Å²) in [6.07, 6.45) is 3.62. The first-order valence-corrected chi connectivity index (χ1v) is 13.9. The molecule has 0 N–H and O–H groups in total. The number of hydrogen-bond acceptors (Lipinski definition) is 2. The van der Waals surface area contributed by atoms with Crippen LogP contribution in [0.4, 0.5) is 0 Å². The summed E-state index contributed by atoms with van der Waals surface area (Å²) in [5.74, 6) is 0. The molecule has 4 aromatic carbocycles. The maximum atomic E-state index is 4.50. The van der Waals surface area contributed by atoms with Gasteiger partial charge in [0.15, 0.2) is 0 Å². The summed E-state index contributed by atoms with van der Waals surface area (Å²) in [5.41, 5.74) is 9.27. The van der Waals surface area contributed by atoms with Crippen LogP contribution in [0.15, 0.2) is 122 Å². The van der Waals surface area contributed by atoms with E-state index in [4.69, 9.17) is 0 Å². The Kier molecular flexibility index (Phi) is 7.36. The first-order chi connectivity index (χ1) is 20.0. The van der Waals surface area contributed by atoms with Gasteiger partial charge in [0.05, 0.1) is 5.52 Å². The molecule has 3 nitrogen and oxygen atoms in total. The molecule has 0 spiro atoms. The summed E-state index contributed by atoms with van der Waals surface area (Å²) in [5, 5.41) is 5.19. The van der Waals surface area contributed by atoms with E-state index in [-0.39, 0.29) is 25.5 Å². The molecular formula is C38H29IrN3-2. The minimum absolute atomic E-state index is 0. The predicted molar refractivity (Wildman–Crippen MR) is 170 cm³/mol. The molecule has 4 heteroatoms. The summed E-state index contributed by atoms with van der Waals surface area (Å²) in [7, 11) is 0. The first kappa shape index (κ1) is 27.8. The molecule has 1 radical (unpaired) electrons. The topological polar surface area (TPSA) is 30.2 Å². The Bertz CT molecular complexity index is 2070. The Morgan fingerprint density at radius 3 is 1.88 bits per heavy atom. The number of rotatable bonds is 2. The molecule has 8 aromatic rings. The van der Waals surface area contributed by atoms with Crippen LogP contribution in [0.2, 0.25) is 0 Å². The molecule has 0 unspecified atom stereocenters. The molecule has 0 aliphatic heterocycles. The second-order valence-corrected chi connectivity index (χ2v) is 11.4. The SMILES string of the molecule is CC(C)(C)c1ccc2c(c1)c1cccc3c4cc(-c5ccccn5)[c-]cc4n2c31.[Ir].[c-]1ccccc1-c1ccccn1. The molecule has 8 rings (SSSR count). The van der Waals surface area contributed by atoms with Crippen LogP contribution in [0.1, 0.15) is 26.3 Å². The van der Waals surface area contributed by atoms with E-state index < -0.39 is 0 Å². The fourth-order valence-electron chi connectivity index (χ4n) is 5.63. The van der Waals surface area contributed by atoms with E-state index in [2.05, 4.69) is 95.8 Å². The van der Waals surface area contributed by atoms with E-state index in [0.29, 0.717) is 0 Å². The van der Waals surface area contributed by atoms with E-state index in [1.807, 2.05) is 66.9 Å². The van der Waals surface area contributed by atoms with Gasteiger partial charge in [-0.1, -0.05) is 74.7 Å². The Balaban J connectivity index is 0.000000205. The number of pyridine rings is 2. The summed E-state index contributed by atoms with van der Waals surface area (Å²) in [6.45, 7) is 6.82. The zero-order chi connectivity index (χ0) is 28.0. The number of fused-ring (bicyclic) bond motifs is 6. The van der Waals surface area contributed by atoms with E-state index in [1.54, 1.807) is 6.20 Å². The average molecular weight is 720 g/mol. The van der Waals surface area contributed by atoms with Crippen LogP contribution in [0.5, 0.6) is 0 Å². The van der Waals surface area contributed by atoms with Gasteiger partial charge in [0.1, 0.15) is 0 Å². The third-order valence-corrected chi connectivity index (χ3v) is 7.70. The monoisotopic (exact) mass is 720 g/mol. The third kappa shape index (κ3) is 4.87. The van der Waals surface area contributed by atoms with Gasteiger partial charge in [-0.15, -0.1) is 59.7 Å². The van der Waals surface area contributed by atoms with Crippen molar-refractivity contribution in [3.05, 3.63) is 139 Å². The predicted octanol–water partition coefficient (Wildman–Crippen LogP) is 9.54. The van der Waals surface area contributed by atoms with Crippen molar-refractivity contribution < 1.29 is 20.1 Å². The standard InChI is InChI=1S/C27H21N2.C11H8N.Ir/c1-27(2,3)18-11-13-25-22(16-18)20-8-6-7-19-21-15-17(23-9-4-5-14-28-23)10-12-24(21)29(25)26(19)20;1-2-6-10(7-3-1)11-8-4-5-9-12-11;/h4-9,11-16H,1-3H3;1-6,8-9H;/q2*-1;. The zero-order valence-corrected chi connectivity index (χ0v) is 26.1. The number of nitrogens with zero attached hydrogens (tertiary/aromatic N) is 3. The van der Waals surface area contributed by atoms with Crippen molar-refractivity contribution in [1.29, 1.82) is 0 Å². The minimum atomic E-state index is 0. The van der Waals surface area contributed by atoms with Crippen LogP contribution in [0.3, 0.4) is 0 Å². The van der Waals surface area contributed by atoms with Gasteiger partial charge in [-0.2, -0.15) is 0 Å². The van der Waals surface area contributed by atoms with Crippen molar-refractivity contribution in [1.82, 2.24) is 14.4 Å². The molecule has 207 valence electrons. The maximum absolute atomic E-state index is 4.50. The number of benzene rings is 4. The van der Waals surface area contributed by atoms with Crippen LogP contribution in [0, 0.1) is 12.1 Å². The van der Waals surface area contributed by atoms with Gasteiger partial charge in [0.2, 0.25) is 0 Å². The molecule has 0 aliphatic rings. The average Bonchev–Trinajstić information content (AvgIpc) is 3.54. The molecule has 0 fully saturated rings. The summed E-state index contributed by atoms with van der Waals surface area (Å²) in [4.78, 5) is 8.72. The van der Waals surface area contributed by atoms with E-state index in [1.165, 1.54) is 43.7 Å². The molecule has 0 atom stereocenters. The fraction of sp³-hybridized carbons (Fsp3) is 0.105. The van der Waals surface area contributed by atoms with Crippen LogP contribution >= 0.6 is 0 Å². The number of para-hydroxylation sites is 1. The van der Waals surface area contributed by atoms with Crippen molar-refractivity contribution in [3.8, 4) is 22.5 Å². The summed E-state index contributed by atoms with van der Waals surface area (Å²) < 4.78 is 2.40. The van der Waals surface area contributed by atoms with Crippen molar-refractivity contribution in [2.45, 2.75) is 26.2 Å². The summed E-state index contributed by atoms with van der Waals surface area (Å²) >= 11 is 0. The van der Waals surface area contributed by atoms with E-state index in [9.17, 15) is 0 Å². The maximum Gasteiger partial charge on any atom is 0.0516 e. The van der Waals surface area contributed by atoms with Crippen LogP contribution in [0.25, 0.3) is 60.6 Å². The van der Waals surface area contributed by atoms with Gasteiger partial charge in [0.25, 0.3) is 0 Å². The van der Waals surface area contributed by atoms with Crippen molar-refractivity contribution >= 4 is 38.1 Å². The van der Waals surface area contributed by atoms with Crippen molar-refractivity contribution in [3.63, 3.8) is 0 Å². The largest absolute Gasteiger partial charge is 0.350 e. The third-order valence-electron chi connectivity index (χ3n) is 7.70. The zero-order valence-electron chi connectivity index (χ0n) is 23.7. The van der Waals surface area contributed by atoms with Gasteiger partial charge in [-0.05, 0) is 57.5 Å². The molecule has 0 amide bonds. The quantitative estimate of drug-likeness (QED) is 0.167. The van der Waals surface area contributed by atoms with Gasteiger partial charge >= 0.3 is 0 Å². The number of aromatic nitrogens is 3. The van der Waals surface area contributed by atoms with Gasteiger partial charge < -0.3 is 14.4 Å². The Hall–Kier alpha value is -4.37. The number of hydrogen-bond donors (Lipinski definition) is 0. The van der Waals surface area contributed by atoms with Gasteiger partial charge in [-0.3, -0.25) is 0 Å². The second kappa shape index (κ2) is 11.1. The second-order valence-electron chi connectivity index (χ2n) is 11.4. The molecule has 0 saturated heterocycles. The van der Waals surface area contributed by atoms with Crippen LogP contribution in [-0.2, 0) is 25.5 Å². The van der Waals surface area contributed by atoms with Crippen molar-refractivity contribution in [2.24, 2.45) is 0 Å².